The van der Waals surface area contributed by atoms with E-state index in [4.69, 9.17) is 13.3 Å². The summed E-state index contributed by atoms with van der Waals surface area (Å²) >= 11 is 0. The third-order valence-corrected chi connectivity index (χ3v) is 5.80. The molecule has 0 radical (unpaired) electrons. The van der Waals surface area contributed by atoms with E-state index in [1.807, 2.05) is 0 Å². The minimum absolute atomic E-state index is 0.119. The van der Waals surface area contributed by atoms with Gasteiger partial charge in [0.25, 0.3) is 0 Å². The van der Waals surface area contributed by atoms with Crippen molar-refractivity contribution in [2.45, 2.75) is 19.4 Å². The van der Waals surface area contributed by atoms with Gasteiger partial charge in [-0.05, 0) is 13.3 Å². The third kappa shape index (κ3) is 3.60. The van der Waals surface area contributed by atoms with Crippen molar-refractivity contribution in [1.82, 2.24) is 0 Å². The van der Waals surface area contributed by atoms with Crippen molar-refractivity contribution in [2.24, 2.45) is 0 Å². The Morgan fingerprint density at radius 3 is 1.62 bits per heavy atom. The zero-order valence-electron chi connectivity index (χ0n) is 11.7. The molecule has 0 unspecified atom stereocenters. The average molecular weight is 330 g/mol. The van der Waals surface area contributed by atoms with Crippen molar-refractivity contribution in [3.05, 3.63) is 34.6 Å². The fraction of sp³-hybridized carbons (Fsp3) is 0.500. The quantitative estimate of drug-likeness (QED) is 0.333. The van der Waals surface area contributed by atoms with Crippen LogP contribution >= 0.6 is 0 Å². The normalized spacial score (nSPS) is 12.0. The van der Waals surface area contributed by atoms with E-state index in [0.717, 1.165) is 0 Å². The molecule has 1 rings (SSSR count). The van der Waals surface area contributed by atoms with Gasteiger partial charge in [0.15, 0.2) is 23.3 Å². The van der Waals surface area contributed by atoms with Crippen molar-refractivity contribution < 1.29 is 35.2 Å². The second-order valence-electron chi connectivity index (χ2n) is 4.07. The van der Waals surface area contributed by atoms with Gasteiger partial charge in [-0.1, -0.05) is 0 Å². The molecule has 120 valence electrons. The highest BCUT2D eigenvalue weighted by molar-refractivity contribution is 6.60. The monoisotopic (exact) mass is 330 g/mol. The van der Waals surface area contributed by atoms with Crippen molar-refractivity contribution in [2.75, 3.05) is 20.8 Å². The number of hydrogen-bond acceptors (Lipinski definition) is 3. The Bertz CT molecular complexity index is 479. The number of rotatable bonds is 7. The van der Waals surface area contributed by atoms with Crippen LogP contribution in [-0.4, -0.2) is 29.6 Å². The molecular weight excluding hydrogens is 315 g/mol. The number of halogens is 5. The van der Waals surface area contributed by atoms with E-state index in [9.17, 15) is 22.0 Å². The van der Waals surface area contributed by atoms with E-state index in [-0.39, 0.29) is 12.7 Å². The van der Waals surface area contributed by atoms with Gasteiger partial charge in [0.1, 0.15) is 0 Å². The van der Waals surface area contributed by atoms with Gasteiger partial charge < -0.3 is 13.3 Å². The first-order valence-corrected chi connectivity index (χ1v) is 8.01. The number of benzene rings is 1. The van der Waals surface area contributed by atoms with Gasteiger partial charge >= 0.3 is 8.80 Å². The number of hydrogen-bond donors (Lipinski definition) is 0. The van der Waals surface area contributed by atoms with Crippen LogP contribution < -0.4 is 0 Å². The summed E-state index contributed by atoms with van der Waals surface area (Å²) < 4.78 is 81.7. The molecule has 0 N–H and O–H groups in total. The second-order valence-corrected chi connectivity index (χ2v) is 7.04. The van der Waals surface area contributed by atoms with Gasteiger partial charge in [0.05, 0.1) is 0 Å². The highest BCUT2D eigenvalue weighted by Crippen LogP contribution is 2.26. The Balaban J connectivity index is 3.09. The SMILES string of the molecule is CCO[Si](CCc1c(F)c(F)c(F)c(F)c1F)(OC)OC. The lowest BCUT2D eigenvalue weighted by atomic mass is 10.1. The highest BCUT2D eigenvalue weighted by Gasteiger charge is 2.39. The average Bonchev–Trinajstić information content (AvgIpc) is 2.50. The summed E-state index contributed by atoms with van der Waals surface area (Å²) in [5.41, 5.74) is -0.905. The van der Waals surface area contributed by atoms with Gasteiger partial charge in [-0.2, -0.15) is 0 Å². The van der Waals surface area contributed by atoms with Crippen molar-refractivity contribution in [3.63, 3.8) is 0 Å². The molecule has 0 fully saturated rings. The summed E-state index contributed by atoms with van der Waals surface area (Å²) in [4.78, 5) is 0. The molecule has 0 atom stereocenters. The molecule has 1 aromatic rings. The topological polar surface area (TPSA) is 27.7 Å². The molecule has 9 heteroatoms. The Hall–Kier alpha value is -1.03. The van der Waals surface area contributed by atoms with Crippen LogP contribution in [0, 0.1) is 29.1 Å². The molecule has 3 nitrogen and oxygen atoms in total. The van der Waals surface area contributed by atoms with E-state index in [2.05, 4.69) is 0 Å². The predicted octanol–water partition coefficient (Wildman–Crippen LogP) is 3.19. The largest absolute Gasteiger partial charge is 0.500 e. The van der Waals surface area contributed by atoms with Crippen LogP contribution in [-0.2, 0) is 19.7 Å². The van der Waals surface area contributed by atoms with E-state index in [0.29, 0.717) is 0 Å². The summed E-state index contributed by atoms with van der Waals surface area (Å²) in [5, 5.41) is 0. The lowest BCUT2D eigenvalue weighted by Crippen LogP contribution is -2.44. The van der Waals surface area contributed by atoms with Gasteiger partial charge in [0, 0.05) is 32.4 Å². The van der Waals surface area contributed by atoms with Crippen molar-refractivity contribution in [1.29, 1.82) is 0 Å². The molecule has 0 bridgehead atoms. The van der Waals surface area contributed by atoms with Crippen LogP contribution in [0.25, 0.3) is 0 Å². The summed E-state index contributed by atoms with van der Waals surface area (Å²) in [6.07, 6.45) is -0.459. The first-order valence-electron chi connectivity index (χ1n) is 6.08. The molecule has 21 heavy (non-hydrogen) atoms. The molecular formula is C12H15F5O3Si. The van der Waals surface area contributed by atoms with Gasteiger partial charge in [-0.25, -0.2) is 22.0 Å². The summed E-state index contributed by atoms with van der Waals surface area (Å²) in [5.74, 6) is -9.82. The van der Waals surface area contributed by atoms with Crippen LogP contribution in [0.3, 0.4) is 0 Å². The lowest BCUT2D eigenvalue weighted by Gasteiger charge is -2.25. The predicted molar refractivity (Wildman–Crippen MR) is 66.1 cm³/mol. The Morgan fingerprint density at radius 2 is 1.24 bits per heavy atom. The molecule has 0 aliphatic heterocycles. The molecule has 1 aromatic carbocycles. The fourth-order valence-corrected chi connectivity index (χ4v) is 3.80. The minimum Gasteiger partial charge on any atom is -0.377 e. The van der Waals surface area contributed by atoms with Gasteiger partial charge in [0.2, 0.25) is 5.82 Å². The van der Waals surface area contributed by atoms with Crippen LogP contribution in [0.5, 0.6) is 0 Å². The summed E-state index contributed by atoms with van der Waals surface area (Å²) in [6.45, 7) is 1.89. The van der Waals surface area contributed by atoms with E-state index < -0.39 is 49.9 Å². The summed E-state index contributed by atoms with van der Waals surface area (Å²) in [6, 6.07) is -0.119. The maximum atomic E-state index is 13.5. The van der Waals surface area contributed by atoms with Gasteiger partial charge in [-0.15, -0.1) is 0 Å². The zero-order valence-corrected chi connectivity index (χ0v) is 12.7. The van der Waals surface area contributed by atoms with Gasteiger partial charge in [-0.3, -0.25) is 0 Å². The first-order chi connectivity index (χ1) is 9.83. The fourth-order valence-electron chi connectivity index (χ4n) is 1.85. The molecule has 0 saturated heterocycles. The van der Waals surface area contributed by atoms with E-state index >= 15 is 0 Å². The Morgan fingerprint density at radius 1 is 0.810 bits per heavy atom. The molecule has 0 aliphatic rings. The molecule has 0 spiro atoms. The first kappa shape index (κ1) is 18.0. The maximum absolute atomic E-state index is 13.5. The third-order valence-electron chi connectivity index (χ3n) is 2.97. The van der Waals surface area contributed by atoms with Crippen LogP contribution in [0.4, 0.5) is 22.0 Å². The highest BCUT2D eigenvalue weighted by atomic mass is 28.4. The molecule has 0 aromatic heterocycles. The smallest absolute Gasteiger partial charge is 0.377 e. The minimum atomic E-state index is -3.19. The van der Waals surface area contributed by atoms with Crippen LogP contribution in [0.2, 0.25) is 6.04 Å². The Kier molecular flexibility index (Phi) is 6.26. The van der Waals surface area contributed by atoms with Crippen molar-refractivity contribution >= 4 is 8.80 Å². The standard InChI is InChI=1S/C12H15F5O3Si/c1-4-20-21(18-2,19-3)6-5-7-8(13)10(15)12(17)11(16)9(7)14/h4-6H2,1-3H3. The van der Waals surface area contributed by atoms with Crippen molar-refractivity contribution in [3.8, 4) is 0 Å². The molecule has 0 aliphatic carbocycles. The molecule has 0 saturated carbocycles. The molecule has 0 heterocycles. The second kappa shape index (κ2) is 7.30. The van der Waals surface area contributed by atoms with Crippen LogP contribution in [0.1, 0.15) is 12.5 Å². The summed E-state index contributed by atoms with van der Waals surface area (Å²) in [7, 11) is -0.601. The van der Waals surface area contributed by atoms with Crippen LogP contribution in [0.15, 0.2) is 0 Å². The van der Waals surface area contributed by atoms with E-state index in [1.54, 1.807) is 6.92 Å². The van der Waals surface area contributed by atoms with E-state index in [1.165, 1.54) is 14.2 Å². The maximum Gasteiger partial charge on any atom is 0.500 e. The zero-order chi connectivity index (χ0) is 16.2. The lowest BCUT2D eigenvalue weighted by molar-refractivity contribution is 0.104. The Labute approximate surface area is 120 Å². The molecule has 0 amide bonds.